The molecule has 1 unspecified atom stereocenters. The molecule has 4 rings (SSSR count). The molecule has 2 aromatic rings. The van der Waals surface area contributed by atoms with E-state index in [4.69, 9.17) is 11.6 Å². The van der Waals surface area contributed by atoms with E-state index in [1.807, 2.05) is 23.1 Å². The molecule has 3 heterocycles. The largest absolute Gasteiger partial charge is 0.337 e. The summed E-state index contributed by atoms with van der Waals surface area (Å²) in [6.45, 7) is 4.70. The number of benzene rings is 1. The first-order chi connectivity index (χ1) is 12.2. The molecular weight excluding hydrogens is 389 g/mol. The SMILES string of the molecule is Cl.O=C(CN1CCNCC1c1cccc(Cl)c1)N1CCc2sccc2C1. The minimum atomic E-state index is 0. The van der Waals surface area contributed by atoms with Crippen molar-refractivity contribution in [3.05, 3.63) is 56.7 Å². The average molecular weight is 412 g/mol. The zero-order valence-electron chi connectivity index (χ0n) is 14.5. The van der Waals surface area contributed by atoms with Crippen molar-refractivity contribution in [1.29, 1.82) is 0 Å². The summed E-state index contributed by atoms with van der Waals surface area (Å²) >= 11 is 7.97. The van der Waals surface area contributed by atoms with Gasteiger partial charge in [-0.2, -0.15) is 0 Å². The third-order valence-electron chi connectivity index (χ3n) is 5.09. The van der Waals surface area contributed by atoms with Crippen molar-refractivity contribution >= 4 is 41.3 Å². The maximum Gasteiger partial charge on any atom is 0.237 e. The molecule has 0 radical (unpaired) electrons. The molecule has 1 aromatic carbocycles. The monoisotopic (exact) mass is 411 g/mol. The lowest BCUT2D eigenvalue weighted by Crippen LogP contribution is -2.50. The lowest BCUT2D eigenvalue weighted by molar-refractivity contribution is -0.134. The van der Waals surface area contributed by atoms with Crippen LogP contribution >= 0.6 is 35.3 Å². The van der Waals surface area contributed by atoms with Gasteiger partial charge in [0.05, 0.1) is 6.54 Å². The number of nitrogens with one attached hydrogen (secondary N) is 1. The minimum absolute atomic E-state index is 0. The van der Waals surface area contributed by atoms with Gasteiger partial charge in [-0.05, 0) is 41.1 Å². The van der Waals surface area contributed by atoms with E-state index in [2.05, 4.69) is 27.7 Å². The standard InChI is InChI=1S/C19H22ClN3OS.ClH/c20-16-3-1-2-14(10-16)17-11-21-6-8-22(17)13-19(24)23-7-4-18-15(12-23)5-9-25-18;/h1-3,5,9-10,17,21H,4,6-8,11-13H2;1H. The quantitative estimate of drug-likeness (QED) is 0.840. The number of thiophene rings is 1. The van der Waals surface area contributed by atoms with Gasteiger partial charge in [0.2, 0.25) is 5.91 Å². The van der Waals surface area contributed by atoms with Crippen LogP contribution in [0.3, 0.4) is 0 Å². The molecule has 0 aliphatic carbocycles. The molecule has 1 fully saturated rings. The van der Waals surface area contributed by atoms with Gasteiger partial charge >= 0.3 is 0 Å². The molecule has 0 spiro atoms. The van der Waals surface area contributed by atoms with Crippen molar-refractivity contribution in [3.8, 4) is 0 Å². The number of amides is 1. The highest BCUT2D eigenvalue weighted by Gasteiger charge is 2.28. The Hall–Kier alpha value is -1.11. The molecule has 7 heteroatoms. The first kappa shape index (κ1) is 19.6. The van der Waals surface area contributed by atoms with E-state index in [9.17, 15) is 4.79 Å². The molecule has 2 aliphatic rings. The molecule has 1 aromatic heterocycles. The number of piperazine rings is 1. The normalized spacial score (nSPS) is 20.3. The number of rotatable bonds is 3. The van der Waals surface area contributed by atoms with E-state index in [-0.39, 0.29) is 24.4 Å². The van der Waals surface area contributed by atoms with Gasteiger partial charge in [-0.25, -0.2) is 0 Å². The molecule has 26 heavy (non-hydrogen) atoms. The highest BCUT2D eigenvalue weighted by molar-refractivity contribution is 7.10. The van der Waals surface area contributed by atoms with Crippen LogP contribution in [0.25, 0.3) is 0 Å². The molecular formula is C19H23Cl2N3OS. The predicted octanol–water partition coefficient (Wildman–Crippen LogP) is 3.35. The van der Waals surface area contributed by atoms with E-state index in [1.54, 1.807) is 11.3 Å². The van der Waals surface area contributed by atoms with Crippen LogP contribution in [-0.2, 0) is 17.8 Å². The van der Waals surface area contributed by atoms with E-state index in [0.29, 0.717) is 6.54 Å². The maximum atomic E-state index is 12.9. The Morgan fingerprint density at radius 2 is 2.19 bits per heavy atom. The zero-order valence-corrected chi connectivity index (χ0v) is 16.9. The number of nitrogens with zero attached hydrogens (tertiary/aromatic N) is 2. The number of carbonyl (C=O) groups is 1. The van der Waals surface area contributed by atoms with Crippen molar-refractivity contribution in [2.75, 3.05) is 32.7 Å². The van der Waals surface area contributed by atoms with Gasteiger partial charge in [0, 0.05) is 48.7 Å². The van der Waals surface area contributed by atoms with Gasteiger partial charge in [-0.1, -0.05) is 23.7 Å². The summed E-state index contributed by atoms with van der Waals surface area (Å²) < 4.78 is 0. The highest BCUT2D eigenvalue weighted by atomic mass is 35.5. The summed E-state index contributed by atoms with van der Waals surface area (Å²) in [5.74, 6) is 0.228. The molecule has 0 saturated carbocycles. The fourth-order valence-electron chi connectivity index (χ4n) is 3.71. The number of hydrogen-bond acceptors (Lipinski definition) is 4. The number of hydrogen-bond donors (Lipinski definition) is 1. The maximum absolute atomic E-state index is 12.9. The zero-order chi connectivity index (χ0) is 17.2. The Bertz CT molecular complexity index is 767. The van der Waals surface area contributed by atoms with Gasteiger partial charge < -0.3 is 10.2 Å². The number of fused-ring (bicyclic) bond motifs is 1. The van der Waals surface area contributed by atoms with E-state index in [0.717, 1.165) is 44.2 Å². The van der Waals surface area contributed by atoms with Crippen molar-refractivity contribution in [3.63, 3.8) is 0 Å². The highest BCUT2D eigenvalue weighted by Crippen LogP contribution is 2.26. The first-order valence-corrected chi connectivity index (χ1v) is 10.00. The smallest absolute Gasteiger partial charge is 0.237 e. The summed E-state index contributed by atoms with van der Waals surface area (Å²) in [6, 6.07) is 10.3. The second-order valence-corrected chi connectivity index (χ2v) is 8.12. The Morgan fingerprint density at radius 3 is 3.04 bits per heavy atom. The fourth-order valence-corrected chi connectivity index (χ4v) is 4.80. The van der Waals surface area contributed by atoms with Gasteiger partial charge in [-0.3, -0.25) is 9.69 Å². The first-order valence-electron chi connectivity index (χ1n) is 8.74. The van der Waals surface area contributed by atoms with Gasteiger partial charge in [-0.15, -0.1) is 23.7 Å². The van der Waals surface area contributed by atoms with Crippen LogP contribution in [0.4, 0.5) is 0 Å². The molecule has 2 aliphatic heterocycles. The molecule has 1 N–H and O–H groups in total. The van der Waals surface area contributed by atoms with Crippen molar-refractivity contribution < 1.29 is 4.79 Å². The third-order valence-corrected chi connectivity index (χ3v) is 6.34. The number of carbonyl (C=O) groups excluding carboxylic acids is 1. The average Bonchev–Trinajstić information content (AvgIpc) is 3.10. The van der Waals surface area contributed by atoms with Gasteiger partial charge in [0.15, 0.2) is 0 Å². The molecule has 140 valence electrons. The van der Waals surface area contributed by atoms with Crippen LogP contribution in [-0.4, -0.2) is 48.4 Å². The summed E-state index contributed by atoms with van der Waals surface area (Å²) in [7, 11) is 0. The van der Waals surface area contributed by atoms with Crippen molar-refractivity contribution in [2.24, 2.45) is 0 Å². The lowest BCUT2D eigenvalue weighted by atomic mass is 10.0. The van der Waals surface area contributed by atoms with Crippen LogP contribution in [0.2, 0.25) is 5.02 Å². The second-order valence-electron chi connectivity index (χ2n) is 6.68. The number of halogens is 2. The molecule has 1 saturated heterocycles. The van der Waals surface area contributed by atoms with Crippen LogP contribution in [0.5, 0.6) is 0 Å². The van der Waals surface area contributed by atoms with Crippen molar-refractivity contribution in [1.82, 2.24) is 15.1 Å². The molecule has 1 amide bonds. The van der Waals surface area contributed by atoms with Crippen LogP contribution in [0, 0.1) is 0 Å². The molecule has 4 nitrogen and oxygen atoms in total. The Morgan fingerprint density at radius 1 is 1.31 bits per heavy atom. The lowest BCUT2D eigenvalue weighted by Gasteiger charge is -2.37. The topological polar surface area (TPSA) is 35.6 Å². The van der Waals surface area contributed by atoms with Gasteiger partial charge in [0.25, 0.3) is 0 Å². The van der Waals surface area contributed by atoms with E-state index >= 15 is 0 Å². The summed E-state index contributed by atoms with van der Waals surface area (Å²) in [4.78, 5) is 18.6. The molecule has 1 atom stereocenters. The predicted molar refractivity (Wildman–Crippen MR) is 109 cm³/mol. The minimum Gasteiger partial charge on any atom is -0.337 e. The summed E-state index contributed by atoms with van der Waals surface area (Å²) in [5, 5.41) is 6.31. The van der Waals surface area contributed by atoms with Gasteiger partial charge in [0.1, 0.15) is 0 Å². The van der Waals surface area contributed by atoms with Crippen LogP contribution < -0.4 is 5.32 Å². The molecule has 0 bridgehead atoms. The third kappa shape index (κ3) is 4.24. The van der Waals surface area contributed by atoms with E-state index < -0.39 is 0 Å². The summed E-state index contributed by atoms with van der Waals surface area (Å²) in [5.41, 5.74) is 2.49. The van der Waals surface area contributed by atoms with Crippen LogP contribution in [0.15, 0.2) is 35.7 Å². The van der Waals surface area contributed by atoms with Crippen LogP contribution in [0.1, 0.15) is 22.0 Å². The fraction of sp³-hybridized carbons (Fsp3) is 0.421. The summed E-state index contributed by atoms with van der Waals surface area (Å²) in [6.07, 6.45) is 0.984. The van der Waals surface area contributed by atoms with E-state index in [1.165, 1.54) is 16.0 Å². The second kappa shape index (κ2) is 8.72. The Labute approximate surface area is 169 Å². The Balaban J connectivity index is 0.00000196. The van der Waals surface area contributed by atoms with Crippen molar-refractivity contribution in [2.45, 2.75) is 19.0 Å². The Kier molecular flexibility index (Phi) is 6.59.